The molecule has 7 heteroatoms. The molecule has 1 aromatic heterocycles. The summed E-state index contributed by atoms with van der Waals surface area (Å²) < 4.78 is 27.4. The number of hydrogen-bond acceptors (Lipinski definition) is 4. The lowest BCUT2D eigenvalue weighted by Crippen LogP contribution is -2.13. The monoisotopic (exact) mass is 367 g/mol. The van der Waals surface area contributed by atoms with E-state index in [1.165, 1.54) is 37.4 Å². The van der Waals surface area contributed by atoms with E-state index in [0.29, 0.717) is 11.4 Å². The molecule has 0 aliphatic rings. The number of amides is 1. The van der Waals surface area contributed by atoms with Crippen molar-refractivity contribution in [3.63, 3.8) is 0 Å². The Balaban J connectivity index is 1.76. The molecule has 26 heavy (non-hydrogen) atoms. The van der Waals surface area contributed by atoms with Gasteiger partial charge in [-0.05, 0) is 36.4 Å². The third kappa shape index (κ3) is 4.25. The first-order valence-electron chi connectivity index (χ1n) is 7.86. The van der Waals surface area contributed by atoms with Crippen LogP contribution in [0, 0.1) is 0 Å². The highest BCUT2D eigenvalue weighted by Gasteiger charge is 2.14. The van der Waals surface area contributed by atoms with Crippen molar-refractivity contribution in [2.24, 2.45) is 0 Å². The van der Waals surface area contributed by atoms with Crippen LogP contribution in [-0.4, -0.2) is 19.3 Å². The van der Waals surface area contributed by atoms with Gasteiger partial charge < -0.3 is 5.32 Å². The van der Waals surface area contributed by atoms with Crippen LogP contribution in [0.25, 0.3) is 11.3 Å². The molecule has 0 saturated heterocycles. The lowest BCUT2D eigenvalue weighted by atomic mass is 10.1. The van der Waals surface area contributed by atoms with Gasteiger partial charge in [0.15, 0.2) is 0 Å². The number of carbonyl (C=O) groups excluding carboxylic acids is 1. The fraction of sp³-hybridized carbons (Fsp3) is 0.0526. The molecule has 2 aromatic carbocycles. The van der Waals surface area contributed by atoms with Crippen LogP contribution in [0.15, 0.2) is 77.8 Å². The molecule has 0 unspecified atom stereocenters. The fourth-order valence-corrected chi connectivity index (χ4v) is 3.41. The minimum absolute atomic E-state index is 0.0961. The van der Waals surface area contributed by atoms with Crippen LogP contribution in [0.3, 0.4) is 0 Å². The fourth-order valence-electron chi connectivity index (χ4n) is 2.37. The zero-order valence-electron chi connectivity index (χ0n) is 14.0. The Hall–Kier alpha value is -3.19. The van der Waals surface area contributed by atoms with E-state index in [4.69, 9.17) is 0 Å². The van der Waals surface area contributed by atoms with Gasteiger partial charge in [-0.2, -0.15) is 0 Å². The van der Waals surface area contributed by atoms with Gasteiger partial charge in [-0.25, -0.2) is 8.42 Å². The summed E-state index contributed by atoms with van der Waals surface area (Å²) in [5.74, 6) is -0.219. The van der Waals surface area contributed by atoms with Crippen LogP contribution in [0.2, 0.25) is 0 Å². The summed E-state index contributed by atoms with van der Waals surface area (Å²) in [6, 6.07) is 19.0. The van der Waals surface area contributed by atoms with Crippen molar-refractivity contribution in [2.45, 2.75) is 11.8 Å². The van der Waals surface area contributed by atoms with Crippen LogP contribution in [-0.2, 0) is 14.8 Å². The van der Waals surface area contributed by atoms with E-state index in [1.807, 2.05) is 30.3 Å². The molecule has 3 aromatic rings. The van der Waals surface area contributed by atoms with Gasteiger partial charge in [-0.15, -0.1) is 0 Å². The van der Waals surface area contributed by atoms with Crippen LogP contribution >= 0.6 is 0 Å². The van der Waals surface area contributed by atoms with Gasteiger partial charge in [0.2, 0.25) is 5.91 Å². The number of aromatic nitrogens is 1. The Morgan fingerprint density at radius 2 is 1.54 bits per heavy atom. The first-order chi connectivity index (χ1) is 12.4. The minimum atomic E-state index is -3.74. The maximum absolute atomic E-state index is 12.5. The number of sulfonamides is 1. The van der Waals surface area contributed by atoms with Gasteiger partial charge in [0, 0.05) is 18.2 Å². The number of rotatable bonds is 5. The number of hydrogen-bond donors (Lipinski definition) is 2. The van der Waals surface area contributed by atoms with E-state index in [1.54, 1.807) is 12.1 Å². The van der Waals surface area contributed by atoms with Crippen LogP contribution in [0.5, 0.6) is 0 Å². The Morgan fingerprint density at radius 3 is 2.12 bits per heavy atom. The summed E-state index contributed by atoms with van der Waals surface area (Å²) in [6.45, 7) is 1.39. The van der Waals surface area contributed by atoms with E-state index >= 15 is 0 Å². The van der Waals surface area contributed by atoms with Crippen molar-refractivity contribution < 1.29 is 13.2 Å². The average molecular weight is 367 g/mol. The maximum atomic E-state index is 12.5. The summed E-state index contributed by atoms with van der Waals surface area (Å²) >= 11 is 0. The Labute approximate surface area is 152 Å². The molecule has 0 aliphatic heterocycles. The molecule has 0 bridgehead atoms. The second kappa shape index (κ2) is 7.37. The molecule has 132 valence electrons. The molecule has 0 fully saturated rings. The molecular weight excluding hydrogens is 350 g/mol. The number of nitrogens with zero attached hydrogens (tertiary/aromatic N) is 1. The van der Waals surface area contributed by atoms with Gasteiger partial charge in [0.05, 0.1) is 22.5 Å². The summed E-state index contributed by atoms with van der Waals surface area (Å²) in [5, 5.41) is 2.59. The van der Waals surface area contributed by atoms with E-state index in [2.05, 4.69) is 15.0 Å². The molecule has 1 heterocycles. The lowest BCUT2D eigenvalue weighted by Gasteiger charge is -2.09. The Kier molecular flexibility index (Phi) is 4.99. The molecule has 2 N–H and O–H groups in total. The highest BCUT2D eigenvalue weighted by molar-refractivity contribution is 7.92. The third-order valence-corrected chi connectivity index (χ3v) is 4.97. The standard InChI is InChI=1S/C19H17N3O3S/c1-14(23)21-16-7-10-18(11-8-16)26(24,25)22-17-9-12-19(20-13-17)15-5-3-2-4-6-15/h2-13,22H,1H3,(H,21,23). The second-order valence-corrected chi connectivity index (χ2v) is 7.29. The quantitative estimate of drug-likeness (QED) is 0.722. The number of benzene rings is 2. The minimum Gasteiger partial charge on any atom is -0.326 e. The number of carbonyl (C=O) groups is 1. The number of pyridine rings is 1. The number of nitrogens with one attached hydrogen (secondary N) is 2. The van der Waals surface area contributed by atoms with Crippen molar-refractivity contribution in [3.05, 3.63) is 72.9 Å². The topological polar surface area (TPSA) is 88.2 Å². The SMILES string of the molecule is CC(=O)Nc1ccc(S(=O)(=O)Nc2ccc(-c3ccccc3)nc2)cc1. The summed E-state index contributed by atoms with van der Waals surface area (Å²) in [6.07, 6.45) is 1.48. The van der Waals surface area contributed by atoms with Gasteiger partial charge in [-0.1, -0.05) is 30.3 Å². The Morgan fingerprint density at radius 1 is 0.885 bits per heavy atom. The van der Waals surface area contributed by atoms with Crippen molar-refractivity contribution in [1.29, 1.82) is 0 Å². The van der Waals surface area contributed by atoms with Crippen molar-refractivity contribution in [1.82, 2.24) is 4.98 Å². The highest BCUT2D eigenvalue weighted by Crippen LogP contribution is 2.21. The van der Waals surface area contributed by atoms with Gasteiger partial charge >= 0.3 is 0 Å². The zero-order chi connectivity index (χ0) is 18.6. The van der Waals surface area contributed by atoms with Crippen molar-refractivity contribution in [3.8, 4) is 11.3 Å². The van der Waals surface area contributed by atoms with Crippen LogP contribution in [0.1, 0.15) is 6.92 Å². The average Bonchev–Trinajstić information content (AvgIpc) is 2.63. The van der Waals surface area contributed by atoms with Crippen molar-refractivity contribution >= 4 is 27.3 Å². The molecule has 0 saturated carbocycles. The summed E-state index contributed by atoms with van der Waals surface area (Å²) in [5.41, 5.74) is 2.62. The van der Waals surface area contributed by atoms with Gasteiger partial charge in [0.25, 0.3) is 10.0 Å². The van der Waals surface area contributed by atoms with Crippen LogP contribution in [0.4, 0.5) is 11.4 Å². The molecule has 0 spiro atoms. The molecule has 6 nitrogen and oxygen atoms in total. The van der Waals surface area contributed by atoms with E-state index in [0.717, 1.165) is 11.3 Å². The molecule has 0 radical (unpaired) electrons. The van der Waals surface area contributed by atoms with E-state index < -0.39 is 10.0 Å². The van der Waals surface area contributed by atoms with Crippen LogP contribution < -0.4 is 10.0 Å². The largest absolute Gasteiger partial charge is 0.326 e. The molecule has 0 atom stereocenters. The predicted octanol–water partition coefficient (Wildman–Crippen LogP) is 3.51. The maximum Gasteiger partial charge on any atom is 0.261 e. The Bertz CT molecular complexity index is 1000. The van der Waals surface area contributed by atoms with E-state index in [9.17, 15) is 13.2 Å². The zero-order valence-corrected chi connectivity index (χ0v) is 14.8. The van der Waals surface area contributed by atoms with Crippen molar-refractivity contribution in [2.75, 3.05) is 10.0 Å². The predicted molar refractivity (Wildman–Crippen MR) is 101 cm³/mol. The van der Waals surface area contributed by atoms with Gasteiger partial charge in [-0.3, -0.25) is 14.5 Å². The first kappa shape index (κ1) is 17.6. The lowest BCUT2D eigenvalue weighted by molar-refractivity contribution is -0.114. The highest BCUT2D eigenvalue weighted by atomic mass is 32.2. The second-order valence-electron chi connectivity index (χ2n) is 5.61. The summed E-state index contributed by atoms with van der Waals surface area (Å²) in [4.78, 5) is 15.4. The summed E-state index contributed by atoms with van der Waals surface area (Å²) in [7, 11) is -3.74. The molecule has 3 rings (SSSR count). The molecule has 0 aliphatic carbocycles. The van der Waals surface area contributed by atoms with E-state index in [-0.39, 0.29) is 10.8 Å². The smallest absolute Gasteiger partial charge is 0.261 e. The first-order valence-corrected chi connectivity index (χ1v) is 9.34. The molecule has 1 amide bonds. The molecular formula is C19H17N3O3S. The normalized spacial score (nSPS) is 11.0. The number of anilines is 2. The third-order valence-electron chi connectivity index (χ3n) is 3.57. The van der Waals surface area contributed by atoms with Gasteiger partial charge in [0.1, 0.15) is 0 Å².